The number of amides is 2. The third-order valence-electron chi connectivity index (χ3n) is 4.83. The Morgan fingerprint density at radius 2 is 1.71 bits per heavy atom. The zero-order chi connectivity index (χ0) is 19.9. The number of carbonyl (C=O) groups excluding carboxylic acids is 2. The zero-order valence-electron chi connectivity index (χ0n) is 16.5. The first-order valence-corrected chi connectivity index (χ1v) is 9.77. The van der Waals surface area contributed by atoms with Gasteiger partial charge in [0.15, 0.2) is 0 Å². The fourth-order valence-electron chi connectivity index (χ4n) is 3.29. The van der Waals surface area contributed by atoms with Gasteiger partial charge in [-0.15, -0.1) is 0 Å². The molecule has 0 radical (unpaired) electrons. The molecule has 1 aliphatic heterocycles. The SMILES string of the molecule is CCOc1cccc(C(=O)Nc2ccc(N3CCN(C(=O)CC)CC3)cc2)c1. The summed E-state index contributed by atoms with van der Waals surface area (Å²) in [4.78, 5) is 28.4. The van der Waals surface area contributed by atoms with Gasteiger partial charge in [0.1, 0.15) is 5.75 Å². The predicted molar refractivity (Wildman–Crippen MR) is 111 cm³/mol. The van der Waals surface area contributed by atoms with Crippen molar-refractivity contribution in [3.8, 4) is 5.75 Å². The highest BCUT2D eigenvalue weighted by Gasteiger charge is 2.20. The summed E-state index contributed by atoms with van der Waals surface area (Å²) in [6.45, 7) is 7.52. The van der Waals surface area contributed by atoms with Crippen molar-refractivity contribution >= 4 is 23.2 Å². The van der Waals surface area contributed by atoms with Crippen LogP contribution in [0.3, 0.4) is 0 Å². The monoisotopic (exact) mass is 381 g/mol. The highest BCUT2D eigenvalue weighted by atomic mass is 16.5. The maximum atomic E-state index is 12.5. The van der Waals surface area contributed by atoms with Crippen molar-refractivity contribution in [2.75, 3.05) is 43.0 Å². The molecule has 2 aromatic carbocycles. The van der Waals surface area contributed by atoms with Crippen LogP contribution in [-0.4, -0.2) is 49.5 Å². The lowest BCUT2D eigenvalue weighted by Crippen LogP contribution is -2.48. The second kappa shape index (κ2) is 9.26. The molecule has 1 fully saturated rings. The number of anilines is 2. The summed E-state index contributed by atoms with van der Waals surface area (Å²) in [6, 6.07) is 15.0. The highest BCUT2D eigenvalue weighted by molar-refractivity contribution is 6.04. The van der Waals surface area contributed by atoms with E-state index < -0.39 is 0 Å². The fraction of sp³-hybridized carbons (Fsp3) is 0.364. The third kappa shape index (κ3) is 4.82. The Hall–Kier alpha value is -3.02. The van der Waals surface area contributed by atoms with Crippen molar-refractivity contribution in [2.24, 2.45) is 0 Å². The van der Waals surface area contributed by atoms with Crippen molar-refractivity contribution < 1.29 is 14.3 Å². The lowest BCUT2D eigenvalue weighted by atomic mass is 10.2. The van der Waals surface area contributed by atoms with Gasteiger partial charge in [0.2, 0.25) is 5.91 Å². The fourth-order valence-corrected chi connectivity index (χ4v) is 3.29. The van der Waals surface area contributed by atoms with Gasteiger partial charge in [-0.3, -0.25) is 9.59 Å². The summed E-state index contributed by atoms with van der Waals surface area (Å²) in [6.07, 6.45) is 0.557. The first-order valence-electron chi connectivity index (χ1n) is 9.77. The molecule has 2 aromatic rings. The Morgan fingerprint density at radius 1 is 1.00 bits per heavy atom. The van der Waals surface area contributed by atoms with Crippen LogP contribution in [0.5, 0.6) is 5.75 Å². The van der Waals surface area contributed by atoms with Crippen molar-refractivity contribution in [2.45, 2.75) is 20.3 Å². The number of hydrogen-bond donors (Lipinski definition) is 1. The zero-order valence-corrected chi connectivity index (χ0v) is 16.5. The second-order valence-corrected chi connectivity index (χ2v) is 6.68. The molecule has 1 saturated heterocycles. The molecule has 3 rings (SSSR count). The normalized spacial score (nSPS) is 13.9. The average Bonchev–Trinajstić information content (AvgIpc) is 2.74. The minimum Gasteiger partial charge on any atom is -0.494 e. The largest absolute Gasteiger partial charge is 0.494 e. The maximum Gasteiger partial charge on any atom is 0.255 e. The van der Waals surface area contributed by atoms with Gasteiger partial charge in [0.25, 0.3) is 5.91 Å². The van der Waals surface area contributed by atoms with Crippen molar-refractivity contribution in [3.63, 3.8) is 0 Å². The van der Waals surface area contributed by atoms with E-state index in [9.17, 15) is 9.59 Å². The van der Waals surface area contributed by atoms with E-state index in [4.69, 9.17) is 4.74 Å². The molecule has 0 bridgehead atoms. The minimum atomic E-state index is -0.166. The minimum absolute atomic E-state index is 0.166. The summed E-state index contributed by atoms with van der Waals surface area (Å²) >= 11 is 0. The number of carbonyl (C=O) groups is 2. The van der Waals surface area contributed by atoms with E-state index in [1.165, 1.54) is 0 Å². The predicted octanol–water partition coefficient (Wildman–Crippen LogP) is 3.40. The van der Waals surface area contributed by atoms with Gasteiger partial charge in [-0.05, 0) is 49.4 Å². The second-order valence-electron chi connectivity index (χ2n) is 6.68. The lowest BCUT2D eigenvalue weighted by Gasteiger charge is -2.36. The molecule has 0 aromatic heterocycles. The summed E-state index contributed by atoms with van der Waals surface area (Å²) < 4.78 is 5.45. The van der Waals surface area contributed by atoms with Gasteiger partial charge in [-0.1, -0.05) is 13.0 Å². The Kier molecular flexibility index (Phi) is 6.53. The van der Waals surface area contributed by atoms with E-state index >= 15 is 0 Å². The quantitative estimate of drug-likeness (QED) is 0.833. The summed E-state index contributed by atoms with van der Waals surface area (Å²) in [5, 5.41) is 2.92. The molecule has 0 aliphatic carbocycles. The molecule has 0 atom stereocenters. The molecule has 0 spiro atoms. The van der Waals surface area contributed by atoms with E-state index in [-0.39, 0.29) is 11.8 Å². The molecule has 6 heteroatoms. The van der Waals surface area contributed by atoms with Gasteiger partial charge >= 0.3 is 0 Å². The van der Waals surface area contributed by atoms with Crippen LogP contribution in [0.2, 0.25) is 0 Å². The summed E-state index contributed by atoms with van der Waals surface area (Å²) in [5.74, 6) is 0.735. The van der Waals surface area contributed by atoms with Crippen LogP contribution >= 0.6 is 0 Å². The Bertz CT molecular complexity index is 812. The number of rotatable bonds is 6. The molecule has 0 unspecified atom stereocenters. The Labute approximate surface area is 166 Å². The van der Waals surface area contributed by atoms with E-state index in [2.05, 4.69) is 10.2 Å². The molecular formula is C22H27N3O3. The van der Waals surface area contributed by atoms with Crippen LogP contribution in [-0.2, 0) is 4.79 Å². The maximum absolute atomic E-state index is 12.5. The molecule has 2 amide bonds. The summed E-state index contributed by atoms with van der Waals surface area (Å²) in [5.41, 5.74) is 2.40. The third-order valence-corrected chi connectivity index (χ3v) is 4.83. The van der Waals surface area contributed by atoms with Crippen LogP contribution in [0.25, 0.3) is 0 Å². The molecule has 0 saturated carbocycles. The van der Waals surface area contributed by atoms with Crippen molar-refractivity contribution in [3.05, 3.63) is 54.1 Å². The van der Waals surface area contributed by atoms with Crippen LogP contribution in [0.15, 0.2) is 48.5 Å². The molecular weight excluding hydrogens is 354 g/mol. The van der Waals surface area contributed by atoms with Gasteiger partial charge < -0.3 is 19.9 Å². The highest BCUT2D eigenvalue weighted by Crippen LogP contribution is 2.21. The Morgan fingerprint density at radius 3 is 2.36 bits per heavy atom. The molecule has 1 aliphatic rings. The van der Waals surface area contributed by atoms with Gasteiger partial charge in [0.05, 0.1) is 6.61 Å². The van der Waals surface area contributed by atoms with E-state index in [1.807, 2.05) is 55.1 Å². The number of benzene rings is 2. The topological polar surface area (TPSA) is 61.9 Å². The molecule has 6 nitrogen and oxygen atoms in total. The average molecular weight is 381 g/mol. The van der Waals surface area contributed by atoms with Crippen molar-refractivity contribution in [1.29, 1.82) is 0 Å². The standard InChI is InChI=1S/C22H27N3O3/c1-3-21(26)25-14-12-24(13-15-25)19-10-8-18(9-11-19)23-22(27)17-6-5-7-20(16-17)28-4-2/h5-11,16H,3-4,12-15H2,1-2H3,(H,23,27). The van der Waals surface area contributed by atoms with Gasteiger partial charge in [-0.25, -0.2) is 0 Å². The molecule has 1 heterocycles. The van der Waals surface area contributed by atoms with E-state index in [1.54, 1.807) is 12.1 Å². The van der Waals surface area contributed by atoms with Crippen LogP contribution in [0, 0.1) is 0 Å². The molecule has 148 valence electrons. The number of hydrogen-bond acceptors (Lipinski definition) is 4. The smallest absolute Gasteiger partial charge is 0.255 e. The first-order chi connectivity index (χ1) is 13.6. The number of nitrogens with zero attached hydrogens (tertiary/aromatic N) is 2. The molecule has 28 heavy (non-hydrogen) atoms. The number of ether oxygens (including phenoxy) is 1. The van der Waals surface area contributed by atoms with Crippen LogP contribution < -0.4 is 15.0 Å². The van der Waals surface area contributed by atoms with Crippen molar-refractivity contribution in [1.82, 2.24) is 4.90 Å². The van der Waals surface area contributed by atoms with Gasteiger partial charge in [-0.2, -0.15) is 0 Å². The van der Waals surface area contributed by atoms with Crippen LogP contribution in [0.1, 0.15) is 30.6 Å². The molecule has 1 N–H and O–H groups in total. The van der Waals surface area contributed by atoms with E-state index in [0.717, 1.165) is 37.6 Å². The number of nitrogens with one attached hydrogen (secondary N) is 1. The summed E-state index contributed by atoms with van der Waals surface area (Å²) in [7, 11) is 0. The Balaban J connectivity index is 1.58. The number of piperazine rings is 1. The van der Waals surface area contributed by atoms with E-state index in [0.29, 0.717) is 24.3 Å². The van der Waals surface area contributed by atoms with Gasteiger partial charge in [0, 0.05) is 49.5 Å². The van der Waals surface area contributed by atoms with Crippen LogP contribution in [0.4, 0.5) is 11.4 Å². The first kappa shape index (κ1) is 19.7. The lowest BCUT2D eigenvalue weighted by molar-refractivity contribution is -0.131.